The zero-order chi connectivity index (χ0) is 8.32. The molecule has 0 saturated carbocycles. The van der Waals surface area contributed by atoms with Crippen molar-refractivity contribution in [2.45, 2.75) is 25.7 Å². The van der Waals surface area contributed by atoms with Crippen LogP contribution in [0.5, 0.6) is 0 Å². The SMILES string of the molecule is C[Si](C)(C)Cc1ccncc1. The van der Waals surface area contributed by atoms with Crippen LogP contribution in [0.15, 0.2) is 24.5 Å². The fourth-order valence-corrected chi connectivity index (χ4v) is 2.57. The maximum atomic E-state index is 3.99. The van der Waals surface area contributed by atoms with E-state index in [1.807, 2.05) is 12.4 Å². The monoisotopic (exact) mass is 165 g/mol. The van der Waals surface area contributed by atoms with Crippen LogP contribution in [0.2, 0.25) is 19.6 Å². The van der Waals surface area contributed by atoms with Crippen molar-refractivity contribution < 1.29 is 0 Å². The van der Waals surface area contributed by atoms with E-state index in [1.165, 1.54) is 11.6 Å². The van der Waals surface area contributed by atoms with Crippen molar-refractivity contribution in [3.05, 3.63) is 30.1 Å². The van der Waals surface area contributed by atoms with Gasteiger partial charge in [-0.25, -0.2) is 0 Å². The molecule has 11 heavy (non-hydrogen) atoms. The molecule has 0 saturated heterocycles. The third-order valence-corrected chi connectivity index (χ3v) is 2.95. The summed E-state index contributed by atoms with van der Waals surface area (Å²) in [6, 6.07) is 5.48. The van der Waals surface area contributed by atoms with Crippen molar-refractivity contribution in [3.8, 4) is 0 Å². The van der Waals surface area contributed by atoms with E-state index in [-0.39, 0.29) is 0 Å². The summed E-state index contributed by atoms with van der Waals surface area (Å²) in [5.41, 5.74) is 1.43. The summed E-state index contributed by atoms with van der Waals surface area (Å²) in [5, 5.41) is 0. The van der Waals surface area contributed by atoms with Crippen LogP contribution in [0.25, 0.3) is 0 Å². The summed E-state index contributed by atoms with van der Waals surface area (Å²) in [6.07, 6.45) is 3.74. The highest BCUT2D eigenvalue weighted by atomic mass is 28.3. The van der Waals surface area contributed by atoms with Crippen LogP contribution in [0.1, 0.15) is 5.56 Å². The number of nitrogens with zero attached hydrogens (tertiary/aromatic N) is 1. The standard InChI is InChI=1S/C9H15NSi/c1-11(2,3)8-9-4-6-10-7-5-9/h4-7H,8H2,1-3H3. The highest BCUT2D eigenvalue weighted by Gasteiger charge is 2.12. The molecule has 60 valence electrons. The topological polar surface area (TPSA) is 12.9 Å². The van der Waals surface area contributed by atoms with Gasteiger partial charge in [0.2, 0.25) is 0 Å². The molecule has 0 aromatic carbocycles. The highest BCUT2D eigenvalue weighted by Crippen LogP contribution is 2.09. The number of pyridine rings is 1. The lowest BCUT2D eigenvalue weighted by atomic mass is 10.3. The average molecular weight is 165 g/mol. The predicted molar refractivity (Wildman–Crippen MR) is 51.3 cm³/mol. The Hall–Kier alpha value is -0.633. The second kappa shape index (κ2) is 3.18. The maximum Gasteiger partial charge on any atom is 0.0487 e. The van der Waals surface area contributed by atoms with Gasteiger partial charge in [0.1, 0.15) is 0 Å². The molecule has 0 atom stereocenters. The molecule has 2 heteroatoms. The van der Waals surface area contributed by atoms with E-state index in [1.54, 1.807) is 0 Å². The van der Waals surface area contributed by atoms with Crippen molar-refractivity contribution in [3.63, 3.8) is 0 Å². The molecule has 1 nitrogen and oxygen atoms in total. The van der Waals surface area contributed by atoms with Gasteiger partial charge in [0.15, 0.2) is 0 Å². The number of hydrogen-bond acceptors (Lipinski definition) is 1. The van der Waals surface area contributed by atoms with E-state index in [4.69, 9.17) is 0 Å². The molecule has 0 bridgehead atoms. The van der Waals surface area contributed by atoms with Crippen molar-refractivity contribution in [2.75, 3.05) is 0 Å². The second-order valence-electron chi connectivity index (χ2n) is 4.09. The largest absolute Gasteiger partial charge is 0.265 e. The summed E-state index contributed by atoms with van der Waals surface area (Å²) in [5.74, 6) is 0. The van der Waals surface area contributed by atoms with Crippen molar-refractivity contribution >= 4 is 8.07 Å². The molecule has 0 amide bonds. The summed E-state index contributed by atoms with van der Waals surface area (Å²) in [4.78, 5) is 3.99. The van der Waals surface area contributed by atoms with E-state index in [0.29, 0.717) is 0 Å². The Morgan fingerprint density at radius 2 is 1.73 bits per heavy atom. The quantitative estimate of drug-likeness (QED) is 0.614. The first-order valence-electron chi connectivity index (χ1n) is 3.97. The first-order valence-corrected chi connectivity index (χ1v) is 7.67. The highest BCUT2D eigenvalue weighted by molar-refractivity contribution is 6.75. The van der Waals surface area contributed by atoms with Gasteiger partial charge in [-0.3, -0.25) is 4.98 Å². The van der Waals surface area contributed by atoms with Crippen LogP contribution >= 0.6 is 0 Å². The molecule has 0 unspecified atom stereocenters. The van der Waals surface area contributed by atoms with Crippen LogP contribution in [-0.4, -0.2) is 13.1 Å². The molecule has 0 aliphatic carbocycles. The molecule has 1 heterocycles. The minimum atomic E-state index is -0.926. The Morgan fingerprint density at radius 1 is 1.18 bits per heavy atom. The molecule has 0 fully saturated rings. The van der Waals surface area contributed by atoms with Crippen LogP contribution in [-0.2, 0) is 6.04 Å². The van der Waals surface area contributed by atoms with Gasteiger partial charge in [-0.2, -0.15) is 0 Å². The molecule has 0 spiro atoms. The summed E-state index contributed by atoms with van der Waals surface area (Å²) in [6.45, 7) is 7.15. The van der Waals surface area contributed by atoms with Crippen molar-refractivity contribution in [1.29, 1.82) is 0 Å². The van der Waals surface area contributed by atoms with Gasteiger partial charge < -0.3 is 0 Å². The predicted octanol–water partition coefficient (Wildman–Crippen LogP) is 2.50. The molecule has 0 radical (unpaired) electrons. The molecule has 0 N–H and O–H groups in total. The minimum Gasteiger partial charge on any atom is -0.265 e. The molecular weight excluding hydrogens is 150 g/mol. The van der Waals surface area contributed by atoms with Crippen LogP contribution < -0.4 is 0 Å². The summed E-state index contributed by atoms with van der Waals surface area (Å²) in [7, 11) is -0.926. The zero-order valence-corrected chi connectivity index (χ0v) is 8.46. The number of hydrogen-bond donors (Lipinski definition) is 0. The lowest BCUT2D eigenvalue weighted by Crippen LogP contribution is -2.23. The van der Waals surface area contributed by atoms with Crippen molar-refractivity contribution in [2.24, 2.45) is 0 Å². The lowest BCUT2D eigenvalue weighted by molar-refractivity contribution is 1.24. The van der Waals surface area contributed by atoms with Crippen molar-refractivity contribution in [1.82, 2.24) is 4.98 Å². The zero-order valence-electron chi connectivity index (χ0n) is 7.46. The Morgan fingerprint density at radius 3 is 2.18 bits per heavy atom. The second-order valence-corrected chi connectivity index (χ2v) is 9.57. The Labute approximate surface area is 69.5 Å². The summed E-state index contributed by atoms with van der Waals surface area (Å²) >= 11 is 0. The third kappa shape index (κ3) is 3.32. The lowest BCUT2D eigenvalue weighted by Gasteiger charge is -2.14. The molecule has 0 aliphatic heterocycles. The van der Waals surface area contributed by atoms with Gasteiger partial charge >= 0.3 is 0 Å². The van der Waals surface area contributed by atoms with E-state index in [0.717, 1.165) is 0 Å². The summed E-state index contributed by atoms with van der Waals surface area (Å²) < 4.78 is 0. The van der Waals surface area contributed by atoms with Crippen LogP contribution in [0, 0.1) is 0 Å². The molecule has 0 aliphatic rings. The van der Waals surface area contributed by atoms with Crippen LogP contribution in [0.4, 0.5) is 0 Å². The minimum absolute atomic E-state index is 0.926. The Bertz CT molecular complexity index is 213. The van der Waals surface area contributed by atoms with E-state index < -0.39 is 8.07 Å². The van der Waals surface area contributed by atoms with Gasteiger partial charge in [0.05, 0.1) is 0 Å². The smallest absolute Gasteiger partial charge is 0.0487 e. The van der Waals surface area contributed by atoms with Gasteiger partial charge in [-0.1, -0.05) is 19.6 Å². The molecule has 1 aromatic rings. The fraction of sp³-hybridized carbons (Fsp3) is 0.444. The number of rotatable bonds is 2. The first kappa shape index (κ1) is 8.46. The fourth-order valence-electron chi connectivity index (χ4n) is 1.11. The van der Waals surface area contributed by atoms with E-state index in [2.05, 4.69) is 36.8 Å². The molecular formula is C9H15NSi. The maximum absolute atomic E-state index is 3.99. The van der Waals surface area contributed by atoms with E-state index in [9.17, 15) is 0 Å². The van der Waals surface area contributed by atoms with Gasteiger partial charge in [-0.15, -0.1) is 0 Å². The van der Waals surface area contributed by atoms with Gasteiger partial charge in [0.25, 0.3) is 0 Å². The van der Waals surface area contributed by atoms with E-state index >= 15 is 0 Å². The van der Waals surface area contributed by atoms with Crippen LogP contribution in [0.3, 0.4) is 0 Å². The van der Waals surface area contributed by atoms with Gasteiger partial charge in [-0.05, 0) is 23.7 Å². The van der Waals surface area contributed by atoms with Gasteiger partial charge in [0, 0.05) is 20.5 Å². The Balaban J connectivity index is 2.66. The molecule has 1 aromatic heterocycles. The molecule has 1 rings (SSSR count). The number of aromatic nitrogens is 1. The Kier molecular flexibility index (Phi) is 2.44. The third-order valence-electron chi connectivity index (χ3n) is 1.48. The normalized spacial score (nSPS) is 11.5. The first-order chi connectivity index (χ1) is 5.08. The average Bonchev–Trinajstić information content (AvgIpc) is 1.85.